The number of nitrogens with zero attached hydrogens (tertiary/aromatic N) is 1. The third-order valence-electron chi connectivity index (χ3n) is 5.06. The molecule has 0 saturated carbocycles. The molecule has 3 aromatic rings. The van der Waals surface area contributed by atoms with E-state index in [1.54, 1.807) is 0 Å². The van der Waals surface area contributed by atoms with Gasteiger partial charge in [0.1, 0.15) is 5.76 Å². The van der Waals surface area contributed by atoms with Crippen molar-refractivity contribution >= 4 is 30.1 Å². The molecule has 3 rings (SSSR count). The average Bonchev–Trinajstić information content (AvgIpc) is 3.14. The van der Waals surface area contributed by atoms with Crippen molar-refractivity contribution in [1.29, 1.82) is 0 Å². The van der Waals surface area contributed by atoms with E-state index in [0.29, 0.717) is 20.4 Å². The van der Waals surface area contributed by atoms with Crippen LogP contribution in [-0.4, -0.2) is 30.4 Å². The Balaban J connectivity index is 0.000000346. The van der Waals surface area contributed by atoms with E-state index >= 15 is 0 Å². The van der Waals surface area contributed by atoms with Crippen LogP contribution in [0.5, 0.6) is 0 Å². The van der Waals surface area contributed by atoms with Crippen LogP contribution < -0.4 is 0 Å². The van der Waals surface area contributed by atoms with E-state index in [1.165, 1.54) is 27.0 Å². The second-order valence-corrected chi connectivity index (χ2v) is 12.4. The number of allylic oxidation sites excluding steroid dienone is 2. The zero-order valence-electron chi connectivity index (χ0n) is 21.2. The Bertz CT molecular complexity index is 1110. The Morgan fingerprint density at radius 1 is 1.06 bits per heavy atom. The van der Waals surface area contributed by atoms with Crippen LogP contribution in [0.25, 0.3) is 21.0 Å². The number of carbonyl (C=O) groups is 1. The fourth-order valence-electron chi connectivity index (χ4n) is 2.77. The smallest absolute Gasteiger partial charge is 0 e. The number of carbonyl (C=O) groups excluding carboxylic acids is 1. The van der Waals surface area contributed by atoms with Crippen molar-refractivity contribution in [2.45, 2.75) is 68.2 Å². The molecule has 2 heterocycles. The summed E-state index contributed by atoms with van der Waals surface area (Å²) < 4.78 is 1.24. The third-order valence-corrected chi connectivity index (χ3v) is 6.79. The summed E-state index contributed by atoms with van der Waals surface area (Å²) in [6.07, 6.45) is 1.33. The Labute approximate surface area is 218 Å². The molecule has 0 aliphatic carbocycles. The van der Waals surface area contributed by atoms with Crippen molar-refractivity contribution in [2.75, 3.05) is 0 Å². The van der Waals surface area contributed by atoms with Crippen LogP contribution in [0.1, 0.15) is 72.4 Å². The molecule has 0 fully saturated rings. The maximum atomic E-state index is 11.5. The fraction of sp³-hybridized carbons (Fsp3) is 0.429. The average molecular weight is 690 g/mol. The topological polar surface area (TPSA) is 50.2 Å². The number of hydrogen-bond donors (Lipinski definition) is 1. The van der Waals surface area contributed by atoms with E-state index in [1.807, 2.05) is 41.5 Å². The molecule has 0 spiro atoms. The van der Waals surface area contributed by atoms with E-state index in [4.69, 9.17) is 4.98 Å². The number of fused-ring (bicyclic) bond motifs is 1. The molecule has 181 valence electrons. The first-order valence-corrected chi connectivity index (χ1v) is 12.9. The van der Waals surface area contributed by atoms with Gasteiger partial charge < -0.3 is 5.11 Å². The van der Waals surface area contributed by atoms with E-state index in [-0.39, 0.29) is 37.1 Å². The zero-order chi connectivity index (χ0) is 24.3. The number of aromatic nitrogens is 1. The van der Waals surface area contributed by atoms with Gasteiger partial charge in [0.2, 0.25) is 0 Å². The molecule has 33 heavy (non-hydrogen) atoms. The van der Waals surface area contributed by atoms with Gasteiger partial charge in [-0.1, -0.05) is 41.5 Å². The summed E-state index contributed by atoms with van der Waals surface area (Å²) >= 11 is 0.399. The van der Waals surface area contributed by atoms with Crippen LogP contribution in [0.2, 0.25) is 0 Å². The molecule has 0 aliphatic heterocycles. The van der Waals surface area contributed by atoms with Crippen molar-refractivity contribution in [3.05, 3.63) is 64.3 Å². The number of pyridine rings is 1. The number of hydrogen-bond acceptors (Lipinski definition) is 3. The van der Waals surface area contributed by atoms with E-state index in [9.17, 15) is 9.90 Å². The number of aryl methyl sites for hydroxylation is 1. The first kappa shape index (κ1) is 29.5. The number of aliphatic hydroxyl groups is 1. The Hall–Kier alpha value is -1.51. The summed E-state index contributed by atoms with van der Waals surface area (Å²) in [6.45, 7) is 17.7. The van der Waals surface area contributed by atoms with Crippen molar-refractivity contribution in [1.82, 2.24) is 4.98 Å². The van der Waals surface area contributed by atoms with Crippen molar-refractivity contribution in [3.63, 3.8) is 0 Å². The molecule has 1 aromatic carbocycles. The van der Waals surface area contributed by atoms with Crippen LogP contribution in [0, 0.1) is 23.8 Å². The predicted octanol–water partition coefficient (Wildman–Crippen LogP) is 7.28. The first-order chi connectivity index (χ1) is 14.7. The maximum Gasteiger partial charge on any atom is 0 e. The standard InChI is InChI=1S/C17H16NSe.C11H20O2.Ir/c1-11(2)14-8-12(3)9-15(10-14)16-5-4-13-6-7-19-17(13)18-16;1-10(2,3)8(12)7-9(13)11(4,5)6;/h4-8,10-11H,1-3H3;7,12H,1-6H3;/q-1;;/b;8-7-;. The summed E-state index contributed by atoms with van der Waals surface area (Å²) in [5.41, 5.74) is 3.95. The van der Waals surface area contributed by atoms with E-state index < -0.39 is 5.41 Å². The normalized spacial score (nSPS) is 12.2. The molecule has 1 N–H and O–H groups in total. The van der Waals surface area contributed by atoms with Gasteiger partial charge in [-0.15, -0.1) is 0 Å². The van der Waals surface area contributed by atoms with Gasteiger partial charge in [-0.2, -0.15) is 0 Å². The van der Waals surface area contributed by atoms with Crippen LogP contribution in [0.4, 0.5) is 0 Å². The van der Waals surface area contributed by atoms with Crippen LogP contribution in [-0.2, 0) is 24.9 Å². The van der Waals surface area contributed by atoms with Crippen LogP contribution in [0.3, 0.4) is 0 Å². The molecule has 1 radical (unpaired) electrons. The summed E-state index contributed by atoms with van der Waals surface area (Å²) in [5.74, 6) is 0.639. The van der Waals surface area contributed by atoms with E-state index in [0.717, 1.165) is 11.3 Å². The molecule has 5 heteroatoms. The predicted molar refractivity (Wildman–Crippen MR) is 136 cm³/mol. The monoisotopic (exact) mass is 691 g/mol. The van der Waals surface area contributed by atoms with Gasteiger partial charge in [-0.25, -0.2) is 0 Å². The largest absolute Gasteiger partial charge is 0 e. The molecule has 0 saturated heterocycles. The SMILES string of the molecule is CC(C)(C)C(=O)/C=C(\O)C(C)(C)C.Cc1[c-]c(-c2ccc3cc[se]c3n2)cc(C(C)C)c1.[Ir]. The van der Waals surface area contributed by atoms with Crippen LogP contribution >= 0.6 is 0 Å². The van der Waals surface area contributed by atoms with Crippen molar-refractivity contribution in [3.8, 4) is 11.3 Å². The van der Waals surface area contributed by atoms with Gasteiger partial charge in [0, 0.05) is 37.0 Å². The summed E-state index contributed by atoms with van der Waals surface area (Å²) in [7, 11) is 0. The molecule has 2 aromatic heterocycles. The number of aliphatic hydroxyl groups excluding tert-OH is 1. The number of benzene rings is 1. The molecular weight excluding hydrogens is 653 g/mol. The minimum absolute atomic E-state index is 0. The molecule has 0 amide bonds. The van der Waals surface area contributed by atoms with E-state index in [2.05, 4.69) is 62.1 Å². The molecule has 0 aliphatic rings. The molecule has 3 nitrogen and oxygen atoms in total. The summed E-state index contributed by atoms with van der Waals surface area (Å²) in [6, 6.07) is 14.3. The zero-order valence-corrected chi connectivity index (χ0v) is 25.3. The second-order valence-electron chi connectivity index (χ2n) is 10.6. The molecule has 0 unspecified atom stereocenters. The minimum Gasteiger partial charge on any atom is 0 e. The van der Waals surface area contributed by atoms with Crippen molar-refractivity contribution < 1.29 is 30.0 Å². The van der Waals surface area contributed by atoms with Crippen LogP contribution in [0.15, 0.2) is 47.1 Å². The fourth-order valence-corrected chi connectivity index (χ4v) is 4.37. The van der Waals surface area contributed by atoms with Gasteiger partial charge in [-0.3, -0.25) is 4.79 Å². The third kappa shape index (κ3) is 8.65. The summed E-state index contributed by atoms with van der Waals surface area (Å²) in [5, 5.41) is 10.8. The van der Waals surface area contributed by atoms with Gasteiger partial charge in [-0.05, 0) is 0 Å². The summed E-state index contributed by atoms with van der Waals surface area (Å²) in [4.78, 5) is 18.5. The molecule has 0 atom stereocenters. The Morgan fingerprint density at radius 3 is 2.24 bits per heavy atom. The quantitative estimate of drug-likeness (QED) is 0.136. The molecular formula is C28H36IrNO2Se-. The van der Waals surface area contributed by atoms with Gasteiger partial charge in [0.15, 0.2) is 5.78 Å². The van der Waals surface area contributed by atoms with Gasteiger partial charge >= 0.3 is 120 Å². The first-order valence-electron chi connectivity index (χ1n) is 11.0. The van der Waals surface area contributed by atoms with Gasteiger partial charge in [0.25, 0.3) is 0 Å². The van der Waals surface area contributed by atoms with Gasteiger partial charge in [0.05, 0.1) is 0 Å². The molecule has 0 bridgehead atoms. The maximum absolute atomic E-state index is 11.5. The Morgan fingerprint density at radius 2 is 1.70 bits per heavy atom. The second kappa shape index (κ2) is 11.8. The Kier molecular flexibility index (Phi) is 10.5. The number of rotatable bonds is 3. The number of ketones is 1. The minimum atomic E-state index is -0.417. The van der Waals surface area contributed by atoms with Crippen molar-refractivity contribution in [2.24, 2.45) is 10.8 Å².